The molecule has 2 N–H and O–H groups in total. The molecule has 2 fully saturated rings. The number of carbonyl (C=O) groups is 1. The van der Waals surface area contributed by atoms with E-state index in [1.54, 1.807) is 12.1 Å². The van der Waals surface area contributed by atoms with E-state index in [4.69, 9.17) is 4.74 Å². The standard InChI is InChI=1S/C17H25N3O4S.ClH/c1-24-11-9-18-25(22,23)16-6-2-13(3-7-16)17(21)20-10-8-14-4-5-15(12-20)19-14;/h2-3,6-7,14-15,18-19H,4-5,8-12H2,1H3;1H. The Labute approximate surface area is 160 Å². The molecule has 7 nitrogen and oxygen atoms in total. The lowest BCUT2D eigenvalue weighted by Gasteiger charge is -2.24. The summed E-state index contributed by atoms with van der Waals surface area (Å²) in [5.74, 6) is -0.0364. The van der Waals surface area contributed by atoms with Crippen LogP contribution in [0.5, 0.6) is 0 Å². The van der Waals surface area contributed by atoms with Crippen LogP contribution in [-0.2, 0) is 14.8 Å². The summed E-state index contributed by atoms with van der Waals surface area (Å²) in [4.78, 5) is 14.7. The Morgan fingerprint density at radius 1 is 1.23 bits per heavy atom. The van der Waals surface area contributed by atoms with Gasteiger partial charge in [-0.1, -0.05) is 0 Å². The van der Waals surface area contributed by atoms with Crippen LogP contribution in [-0.4, -0.2) is 64.7 Å². The zero-order chi connectivity index (χ0) is 17.9. The van der Waals surface area contributed by atoms with Crippen LogP contribution >= 0.6 is 12.4 Å². The highest BCUT2D eigenvalue weighted by Gasteiger charge is 2.31. The minimum atomic E-state index is -3.58. The Morgan fingerprint density at radius 3 is 2.62 bits per heavy atom. The van der Waals surface area contributed by atoms with Gasteiger partial charge in [0.2, 0.25) is 10.0 Å². The van der Waals surface area contributed by atoms with Gasteiger partial charge >= 0.3 is 0 Å². The number of sulfonamides is 1. The van der Waals surface area contributed by atoms with Gasteiger partial charge in [-0.05, 0) is 43.5 Å². The van der Waals surface area contributed by atoms with E-state index in [2.05, 4.69) is 10.0 Å². The van der Waals surface area contributed by atoms with Gasteiger partial charge in [-0.2, -0.15) is 0 Å². The first-order valence-corrected chi connectivity index (χ1v) is 10.1. The maximum atomic E-state index is 12.7. The van der Waals surface area contributed by atoms with Crippen molar-refractivity contribution in [1.82, 2.24) is 14.9 Å². The molecule has 2 atom stereocenters. The summed E-state index contributed by atoms with van der Waals surface area (Å²) in [5.41, 5.74) is 0.522. The molecule has 2 bridgehead atoms. The molecule has 0 radical (unpaired) electrons. The number of hydrogen-bond acceptors (Lipinski definition) is 5. The number of ether oxygens (including phenoxy) is 1. The lowest BCUT2D eigenvalue weighted by molar-refractivity contribution is 0.0748. The van der Waals surface area contributed by atoms with E-state index in [-0.39, 0.29) is 29.8 Å². The topological polar surface area (TPSA) is 87.7 Å². The molecule has 2 saturated heterocycles. The predicted octanol–water partition coefficient (Wildman–Crippen LogP) is 1.000. The van der Waals surface area contributed by atoms with Gasteiger partial charge < -0.3 is 15.0 Å². The molecule has 146 valence electrons. The Balaban J connectivity index is 0.00000243. The zero-order valence-electron chi connectivity index (χ0n) is 14.8. The largest absolute Gasteiger partial charge is 0.383 e. The van der Waals surface area contributed by atoms with Crippen molar-refractivity contribution < 1.29 is 17.9 Å². The first kappa shape index (κ1) is 21.1. The lowest BCUT2D eigenvalue weighted by atomic mass is 10.1. The van der Waals surface area contributed by atoms with Gasteiger partial charge in [0, 0.05) is 44.4 Å². The van der Waals surface area contributed by atoms with E-state index in [9.17, 15) is 13.2 Å². The molecule has 2 unspecified atom stereocenters. The van der Waals surface area contributed by atoms with Crippen molar-refractivity contribution in [2.45, 2.75) is 36.2 Å². The Morgan fingerprint density at radius 2 is 1.92 bits per heavy atom. The van der Waals surface area contributed by atoms with Gasteiger partial charge in [0.15, 0.2) is 0 Å². The Hall–Kier alpha value is -1.19. The van der Waals surface area contributed by atoms with Gasteiger partial charge in [-0.15, -0.1) is 12.4 Å². The Bertz CT molecular complexity index is 711. The SMILES string of the molecule is COCCNS(=O)(=O)c1ccc(C(=O)N2CCC3CCC(C2)N3)cc1.Cl. The smallest absolute Gasteiger partial charge is 0.253 e. The quantitative estimate of drug-likeness (QED) is 0.692. The second-order valence-electron chi connectivity index (χ2n) is 6.59. The summed E-state index contributed by atoms with van der Waals surface area (Å²) < 4.78 is 31.6. The number of halogens is 1. The number of methoxy groups -OCH3 is 1. The van der Waals surface area contributed by atoms with Gasteiger partial charge in [-0.25, -0.2) is 13.1 Å². The third kappa shape index (κ3) is 4.95. The maximum absolute atomic E-state index is 12.7. The van der Waals surface area contributed by atoms with E-state index in [1.165, 1.54) is 25.7 Å². The second-order valence-corrected chi connectivity index (χ2v) is 8.36. The van der Waals surface area contributed by atoms with Gasteiger partial charge in [-0.3, -0.25) is 4.79 Å². The third-order valence-corrected chi connectivity index (χ3v) is 6.30. The maximum Gasteiger partial charge on any atom is 0.253 e. The summed E-state index contributed by atoms with van der Waals surface area (Å²) in [6.07, 6.45) is 3.27. The summed E-state index contributed by atoms with van der Waals surface area (Å²) >= 11 is 0. The number of amides is 1. The van der Waals surface area contributed by atoms with Crippen LogP contribution in [0, 0.1) is 0 Å². The van der Waals surface area contributed by atoms with Gasteiger partial charge in [0.25, 0.3) is 5.91 Å². The van der Waals surface area contributed by atoms with Crippen LogP contribution in [0.1, 0.15) is 29.6 Å². The van der Waals surface area contributed by atoms with Crippen molar-refractivity contribution in [2.75, 3.05) is 33.4 Å². The van der Waals surface area contributed by atoms with Gasteiger partial charge in [0.1, 0.15) is 0 Å². The summed E-state index contributed by atoms with van der Waals surface area (Å²) in [6, 6.07) is 7.03. The lowest BCUT2D eigenvalue weighted by Crippen LogP contribution is -2.39. The average molecular weight is 404 g/mol. The summed E-state index contributed by atoms with van der Waals surface area (Å²) in [5, 5.41) is 3.55. The molecule has 2 aliphatic rings. The van der Waals surface area contributed by atoms with Crippen LogP contribution in [0.2, 0.25) is 0 Å². The highest BCUT2D eigenvalue weighted by atomic mass is 35.5. The summed E-state index contributed by atoms with van der Waals surface area (Å²) in [6.45, 7) is 1.98. The molecule has 1 amide bonds. The molecule has 2 heterocycles. The van der Waals surface area contributed by atoms with Crippen LogP contribution in [0.3, 0.4) is 0 Å². The average Bonchev–Trinajstić information content (AvgIpc) is 2.93. The molecule has 1 aromatic carbocycles. The molecule has 0 aromatic heterocycles. The summed E-state index contributed by atoms with van der Waals surface area (Å²) in [7, 11) is -2.06. The van der Waals surface area contributed by atoms with Crippen molar-refractivity contribution in [3.8, 4) is 0 Å². The molecular formula is C17H26ClN3O4S. The van der Waals surface area contributed by atoms with Crippen molar-refractivity contribution in [2.24, 2.45) is 0 Å². The van der Waals surface area contributed by atoms with E-state index in [1.807, 2.05) is 4.90 Å². The molecule has 1 aromatic rings. The fourth-order valence-electron chi connectivity index (χ4n) is 3.45. The molecular weight excluding hydrogens is 378 g/mol. The molecule has 2 aliphatic heterocycles. The number of fused-ring (bicyclic) bond motifs is 2. The first-order chi connectivity index (χ1) is 12.0. The minimum absolute atomic E-state index is 0. The first-order valence-electron chi connectivity index (χ1n) is 8.63. The molecule has 0 aliphatic carbocycles. The number of nitrogens with zero attached hydrogens (tertiary/aromatic N) is 1. The van der Waals surface area contributed by atoms with Crippen molar-refractivity contribution in [3.63, 3.8) is 0 Å². The van der Waals surface area contributed by atoms with Crippen LogP contribution in [0.15, 0.2) is 29.2 Å². The fraction of sp³-hybridized carbons (Fsp3) is 0.588. The monoisotopic (exact) mass is 403 g/mol. The molecule has 9 heteroatoms. The highest BCUT2D eigenvalue weighted by molar-refractivity contribution is 7.89. The van der Waals surface area contributed by atoms with Gasteiger partial charge in [0.05, 0.1) is 11.5 Å². The number of nitrogens with one attached hydrogen (secondary N) is 2. The van der Waals surface area contributed by atoms with E-state index in [0.717, 1.165) is 19.4 Å². The van der Waals surface area contributed by atoms with Crippen LogP contribution in [0.4, 0.5) is 0 Å². The fourth-order valence-corrected chi connectivity index (χ4v) is 4.46. The van der Waals surface area contributed by atoms with E-state index in [0.29, 0.717) is 30.8 Å². The van der Waals surface area contributed by atoms with Crippen LogP contribution < -0.4 is 10.0 Å². The Kier molecular flexibility index (Phi) is 7.42. The second kappa shape index (κ2) is 9.14. The number of hydrogen-bond donors (Lipinski definition) is 2. The zero-order valence-corrected chi connectivity index (χ0v) is 16.4. The predicted molar refractivity (Wildman–Crippen MR) is 101 cm³/mol. The van der Waals surface area contributed by atoms with Crippen LogP contribution in [0.25, 0.3) is 0 Å². The number of likely N-dealkylation sites (tertiary alicyclic amines) is 1. The van der Waals surface area contributed by atoms with Crippen molar-refractivity contribution in [1.29, 1.82) is 0 Å². The molecule has 3 rings (SSSR count). The van der Waals surface area contributed by atoms with Crippen molar-refractivity contribution >= 4 is 28.3 Å². The number of rotatable bonds is 6. The van der Waals surface area contributed by atoms with E-state index < -0.39 is 10.0 Å². The number of carbonyl (C=O) groups excluding carboxylic acids is 1. The number of benzene rings is 1. The van der Waals surface area contributed by atoms with E-state index >= 15 is 0 Å². The molecule has 0 saturated carbocycles. The highest BCUT2D eigenvalue weighted by Crippen LogP contribution is 2.22. The molecule has 0 spiro atoms. The van der Waals surface area contributed by atoms with Crippen molar-refractivity contribution in [3.05, 3.63) is 29.8 Å². The minimum Gasteiger partial charge on any atom is -0.383 e. The third-order valence-electron chi connectivity index (χ3n) is 4.82. The normalized spacial score (nSPS) is 22.6. The molecule has 26 heavy (non-hydrogen) atoms.